The van der Waals surface area contributed by atoms with E-state index in [2.05, 4.69) is 53.7 Å². The molecule has 24 heavy (non-hydrogen) atoms. The molecule has 0 bridgehead atoms. The first-order chi connectivity index (χ1) is 11.6. The number of rotatable bonds is 5. The van der Waals surface area contributed by atoms with Crippen LogP contribution in [0.1, 0.15) is 43.2 Å². The molecule has 1 saturated carbocycles. The molecular weight excluding hydrogens is 298 g/mol. The lowest BCUT2D eigenvalue weighted by Gasteiger charge is -2.20. The lowest BCUT2D eigenvalue weighted by Crippen LogP contribution is -2.35. The Hall–Kier alpha value is -2.10. The van der Waals surface area contributed by atoms with Crippen LogP contribution in [0.15, 0.2) is 24.3 Å². The molecule has 3 N–H and O–H groups in total. The van der Waals surface area contributed by atoms with E-state index in [0.717, 1.165) is 30.7 Å². The van der Waals surface area contributed by atoms with Crippen LogP contribution in [0, 0.1) is 19.8 Å². The van der Waals surface area contributed by atoms with Crippen molar-refractivity contribution in [1.82, 2.24) is 5.32 Å². The number of hydrogen-bond donors (Lipinski definition) is 2. The second-order valence-electron chi connectivity index (χ2n) is 6.97. The van der Waals surface area contributed by atoms with Crippen molar-refractivity contribution in [2.24, 2.45) is 5.92 Å². The number of pyridine rings is 1. The minimum atomic E-state index is 0.228. The minimum absolute atomic E-state index is 0.228. The highest BCUT2D eigenvalue weighted by atomic mass is 16.1. The van der Waals surface area contributed by atoms with Crippen molar-refractivity contribution in [3.8, 4) is 0 Å². The maximum absolute atomic E-state index is 12.1. The molecule has 1 heterocycles. The highest BCUT2D eigenvalue weighted by Gasteiger charge is 2.20. The predicted octanol–water partition coefficient (Wildman–Crippen LogP) is 3.38. The molecule has 0 radical (unpaired) electrons. The zero-order valence-electron chi connectivity index (χ0n) is 14.7. The van der Waals surface area contributed by atoms with Gasteiger partial charge in [0.15, 0.2) is 0 Å². The molecule has 2 aromatic rings. The van der Waals surface area contributed by atoms with Gasteiger partial charge in [0.25, 0.3) is 5.82 Å². The van der Waals surface area contributed by atoms with Gasteiger partial charge in [0, 0.05) is 16.9 Å². The van der Waals surface area contributed by atoms with E-state index in [9.17, 15) is 4.79 Å². The number of hydrogen-bond acceptors (Lipinski definition) is 2. The van der Waals surface area contributed by atoms with E-state index in [1.165, 1.54) is 35.8 Å². The van der Waals surface area contributed by atoms with Crippen LogP contribution in [0.4, 0.5) is 5.82 Å². The molecule has 0 unspecified atom stereocenters. The number of fused-ring (bicyclic) bond motifs is 1. The predicted molar refractivity (Wildman–Crippen MR) is 98.1 cm³/mol. The van der Waals surface area contributed by atoms with E-state index in [1.54, 1.807) is 0 Å². The summed E-state index contributed by atoms with van der Waals surface area (Å²) in [7, 11) is 0. The van der Waals surface area contributed by atoms with Gasteiger partial charge in [0.2, 0.25) is 5.91 Å². The van der Waals surface area contributed by atoms with Crippen molar-refractivity contribution >= 4 is 22.6 Å². The smallest absolute Gasteiger partial charge is 0.275 e. The Morgan fingerprint density at radius 3 is 2.71 bits per heavy atom. The van der Waals surface area contributed by atoms with E-state index in [4.69, 9.17) is 0 Å². The largest absolute Gasteiger partial charge is 0.352 e. The van der Waals surface area contributed by atoms with Crippen LogP contribution < -0.4 is 15.6 Å². The highest BCUT2D eigenvalue weighted by molar-refractivity contribution is 5.79. The molecular formula is C20H28N3O+. The molecule has 1 fully saturated rings. The lowest BCUT2D eigenvalue weighted by atomic mass is 9.89. The SMILES string of the molecule is Cc1ccc2cc(C)c(NCCNC(=O)C3CCCCC3)[nH+]c2c1. The van der Waals surface area contributed by atoms with Crippen LogP contribution in [-0.2, 0) is 4.79 Å². The fourth-order valence-electron chi connectivity index (χ4n) is 3.51. The molecule has 1 amide bonds. The number of anilines is 1. The number of amides is 1. The first kappa shape index (κ1) is 16.7. The first-order valence-corrected chi connectivity index (χ1v) is 9.08. The van der Waals surface area contributed by atoms with E-state index in [-0.39, 0.29) is 11.8 Å². The van der Waals surface area contributed by atoms with Gasteiger partial charge < -0.3 is 5.32 Å². The minimum Gasteiger partial charge on any atom is -0.352 e. The van der Waals surface area contributed by atoms with E-state index < -0.39 is 0 Å². The quantitative estimate of drug-likeness (QED) is 0.828. The number of aromatic amines is 1. The fourth-order valence-corrected chi connectivity index (χ4v) is 3.51. The maximum Gasteiger partial charge on any atom is 0.275 e. The summed E-state index contributed by atoms with van der Waals surface area (Å²) in [5.41, 5.74) is 3.56. The molecule has 3 rings (SSSR count). The molecule has 4 heteroatoms. The average Bonchev–Trinajstić information content (AvgIpc) is 2.60. The normalized spacial score (nSPS) is 15.4. The molecule has 0 atom stereocenters. The summed E-state index contributed by atoms with van der Waals surface area (Å²) in [5.74, 6) is 1.49. The van der Waals surface area contributed by atoms with Crippen molar-refractivity contribution in [2.45, 2.75) is 46.0 Å². The van der Waals surface area contributed by atoms with E-state index in [0.29, 0.717) is 6.54 Å². The van der Waals surface area contributed by atoms with Gasteiger partial charge in [-0.05, 0) is 44.4 Å². The summed E-state index contributed by atoms with van der Waals surface area (Å²) in [4.78, 5) is 15.6. The number of aryl methyl sites for hydroxylation is 2. The van der Waals surface area contributed by atoms with Crippen molar-refractivity contribution in [1.29, 1.82) is 0 Å². The Balaban J connectivity index is 1.53. The third-order valence-electron chi connectivity index (χ3n) is 4.94. The van der Waals surface area contributed by atoms with Gasteiger partial charge in [-0.2, -0.15) is 0 Å². The van der Waals surface area contributed by atoms with Gasteiger partial charge in [-0.25, -0.2) is 4.98 Å². The number of aromatic nitrogens is 1. The Bertz CT molecular complexity index is 720. The maximum atomic E-state index is 12.1. The van der Waals surface area contributed by atoms with Crippen LogP contribution in [0.5, 0.6) is 0 Å². The Kier molecular flexibility index (Phi) is 5.34. The summed E-state index contributed by atoms with van der Waals surface area (Å²) >= 11 is 0. The number of nitrogens with one attached hydrogen (secondary N) is 3. The third-order valence-corrected chi connectivity index (χ3v) is 4.94. The third kappa shape index (κ3) is 4.05. The fraction of sp³-hybridized carbons (Fsp3) is 0.500. The van der Waals surface area contributed by atoms with Crippen molar-refractivity contribution in [2.75, 3.05) is 18.4 Å². The molecule has 1 aromatic carbocycles. The van der Waals surface area contributed by atoms with Gasteiger partial charge in [0.05, 0.1) is 6.54 Å². The summed E-state index contributed by atoms with van der Waals surface area (Å²) in [6.07, 6.45) is 5.77. The van der Waals surface area contributed by atoms with Gasteiger partial charge in [-0.1, -0.05) is 31.4 Å². The second kappa shape index (κ2) is 7.65. The van der Waals surface area contributed by atoms with Gasteiger partial charge in [0.1, 0.15) is 12.1 Å². The van der Waals surface area contributed by atoms with Crippen LogP contribution in [0.25, 0.3) is 10.9 Å². The highest BCUT2D eigenvalue weighted by Crippen LogP contribution is 2.23. The zero-order valence-corrected chi connectivity index (χ0v) is 14.7. The van der Waals surface area contributed by atoms with Crippen LogP contribution in [0.2, 0.25) is 0 Å². The Morgan fingerprint density at radius 1 is 1.12 bits per heavy atom. The average molecular weight is 326 g/mol. The van der Waals surface area contributed by atoms with E-state index >= 15 is 0 Å². The second-order valence-corrected chi connectivity index (χ2v) is 6.97. The zero-order chi connectivity index (χ0) is 16.9. The van der Waals surface area contributed by atoms with Crippen LogP contribution >= 0.6 is 0 Å². The molecule has 1 aliphatic carbocycles. The number of carbonyl (C=O) groups excluding carboxylic acids is 1. The monoisotopic (exact) mass is 326 g/mol. The molecule has 128 valence electrons. The standard InChI is InChI=1S/C20H27N3O/c1-14-8-9-17-13-15(2)19(23-18(17)12-14)21-10-11-22-20(24)16-6-4-3-5-7-16/h8-9,12-13,16H,3-7,10-11H2,1-2H3,(H,21,23)(H,22,24)/p+1. The number of carbonyl (C=O) groups is 1. The summed E-state index contributed by atoms with van der Waals surface area (Å²) in [6.45, 7) is 5.58. The van der Waals surface area contributed by atoms with Crippen LogP contribution in [-0.4, -0.2) is 19.0 Å². The van der Waals surface area contributed by atoms with E-state index in [1.807, 2.05) is 0 Å². The molecule has 1 aromatic heterocycles. The topological polar surface area (TPSA) is 55.3 Å². The van der Waals surface area contributed by atoms with Gasteiger partial charge in [-0.15, -0.1) is 0 Å². The lowest BCUT2D eigenvalue weighted by molar-refractivity contribution is -0.327. The molecule has 4 nitrogen and oxygen atoms in total. The molecule has 1 aliphatic rings. The molecule has 0 aliphatic heterocycles. The van der Waals surface area contributed by atoms with Gasteiger partial charge >= 0.3 is 0 Å². The number of H-pyrrole nitrogens is 1. The summed E-state index contributed by atoms with van der Waals surface area (Å²) in [6, 6.07) is 8.62. The number of benzene rings is 1. The Labute approximate surface area is 144 Å². The van der Waals surface area contributed by atoms with Crippen molar-refractivity contribution in [3.63, 3.8) is 0 Å². The Morgan fingerprint density at radius 2 is 1.92 bits per heavy atom. The van der Waals surface area contributed by atoms with Gasteiger partial charge in [-0.3, -0.25) is 10.1 Å². The van der Waals surface area contributed by atoms with Crippen molar-refractivity contribution < 1.29 is 9.78 Å². The molecule has 0 spiro atoms. The summed E-state index contributed by atoms with van der Waals surface area (Å²) < 4.78 is 0. The van der Waals surface area contributed by atoms with Crippen molar-refractivity contribution in [3.05, 3.63) is 35.4 Å². The van der Waals surface area contributed by atoms with Crippen LogP contribution in [0.3, 0.4) is 0 Å². The molecule has 0 saturated heterocycles. The first-order valence-electron chi connectivity index (χ1n) is 9.08. The summed E-state index contributed by atoms with van der Waals surface area (Å²) in [5, 5.41) is 7.70.